The van der Waals surface area contributed by atoms with Crippen LogP contribution in [0, 0.1) is 0 Å². The Bertz CT molecular complexity index is 1040. The lowest BCUT2D eigenvalue weighted by molar-refractivity contribution is -0.133. The zero-order valence-corrected chi connectivity index (χ0v) is 19.8. The molecule has 9 heteroatoms. The minimum absolute atomic E-state index is 0.0306. The number of fused-ring (bicyclic) bond motifs is 1. The maximum absolute atomic E-state index is 13.1. The van der Waals surface area contributed by atoms with E-state index in [2.05, 4.69) is 11.9 Å². The number of carbonyl (C=O) groups excluding carboxylic acids is 1. The monoisotopic (exact) mass is 462 g/mol. The Morgan fingerprint density at radius 2 is 1.90 bits per heavy atom. The highest BCUT2D eigenvalue weighted by molar-refractivity contribution is 7.89. The summed E-state index contributed by atoms with van der Waals surface area (Å²) in [6.45, 7) is 4.54. The number of thiazole rings is 1. The van der Waals surface area contributed by atoms with E-state index >= 15 is 0 Å². The maximum atomic E-state index is 13.1. The number of sulfonamides is 1. The molecule has 2 aliphatic rings. The summed E-state index contributed by atoms with van der Waals surface area (Å²) in [7, 11) is -1.60. The number of hydrogen-bond acceptors (Lipinski definition) is 6. The molecule has 1 aromatic carbocycles. The minimum atomic E-state index is -3.52. The predicted molar refractivity (Wildman–Crippen MR) is 122 cm³/mol. The summed E-state index contributed by atoms with van der Waals surface area (Å²) < 4.78 is 27.7. The number of piperazine rings is 1. The molecule has 168 valence electrons. The number of carbonyl (C=O) groups is 1. The normalized spacial score (nSPS) is 17.3. The molecule has 1 fully saturated rings. The average molecular weight is 463 g/mol. The third kappa shape index (κ3) is 5.00. The van der Waals surface area contributed by atoms with E-state index in [4.69, 9.17) is 0 Å². The molecule has 0 atom stereocenters. The van der Waals surface area contributed by atoms with Crippen molar-refractivity contribution in [2.75, 3.05) is 39.8 Å². The van der Waals surface area contributed by atoms with Crippen LogP contribution in [0.2, 0.25) is 0 Å². The van der Waals surface area contributed by atoms with Crippen molar-refractivity contribution in [1.82, 2.24) is 19.1 Å². The third-order valence-corrected chi connectivity index (χ3v) is 8.97. The molecule has 2 heterocycles. The van der Waals surface area contributed by atoms with E-state index in [1.807, 2.05) is 29.5 Å². The zero-order chi connectivity index (χ0) is 22.0. The Balaban J connectivity index is 1.31. The van der Waals surface area contributed by atoms with Crippen LogP contribution in [0.1, 0.15) is 35.2 Å². The van der Waals surface area contributed by atoms with E-state index in [0.717, 1.165) is 41.9 Å². The highest BCUT2D eigenvalue weighted by atomic mass is 32.2. The van der Waals surface area contributed by atoms with E-state index in [-0.39, 0.29) is 5.91 Å². The SMILES string of the molecule is CCc1nc(CN(C)CC(=O)N2CCN(S(=O)(=O)c3ccc4c(c3)CCC4)CC2)cs1. The first-order valence-electron chi connectivity index (χ1n) is 10.9. The van der Waals surface area contributed by atoms with Crippen LogP contribution in [-0.4, -0.2) is 73.2 Å². The number of likely N-dealkylation sites (N-methyl/N-ethyl adjacent to an activating group) is 1. The highest BCUT2D eigenvalue weighted by Crippen LogP contribution is 2.26. The molecule has 7 nitrogen and oxygen atoms in total. The van der Waals surface area contributed by atoms with Gasteiger partial charge in [-0.2, -0.15) is 4.31 Å². The second-order valence-corrected chi connectivity index (χ2v) is 11.2. The lowest BCUT2D eigenvalue weighted by Crippen LogP contribution is -2.52. The maximum Gasteiger partial charge on any atom is 0.243 e. The second kappa shape index (κ2) is 9.36. The first kappa shape index (κ1) is 22.4. The molecule has 0 N–H and O–H groups in total. The topological polar surface area (TPSA) is 73.8 Å². The molecule has 1 amide bonds. The zero-order valence-electron chi connectivity index (χ0n) is 18.2. The molecule has 1 aliphatic carbocycles. The fourth-order valence-electron chi connectivity index (χ4n) is 4.28. The highest BCUT2D eigenvalue weighted by Gasteiger charge is 2.31. The van der Waals surface area contributed by atoms with Gasteiger partial charge in [-0.1, -0.05) is 13.0 Å². The van der Waals surface area contributed by atoms with Gasteiger partial charge in [0.2, 0.25) is 15.9 Å². The summed E-state index contributed by atoms with van der Waals surface area (Å²) in [5, 5.41) is 3.15. The van der Waals surface area contributed by atoms with E-state index in [1.165, 1.54) is 9.87 Å². The van der Waals surface area contributed by atoms with Crippen molar-refractivity contribution in [2.24, 2.45) is 0 Å². The largest absolute Gasteiger partial charge is 0.339 e. The summed E-state index contributed by atoms with van der Waals surface area (Å²) in [6.07, 6.45) is 4.00. The van der Waals surface area contributed by atoms with Crippen molar-refractivity contribution in [1.29, 1.82) is 0 Å². The van der Waals surface area contributed by atoms with Crippen molar-refractivity contribution in [3.8, 4) is 0 Å². The average Bonchev–Trinajstić information content (AvgIpc) is 3.42. The fourth-order valence-corrected chi connectivity index (χ4v) is 6.49. The van der Waals surface area contributed by atoms with Gasteiger partial charge in [0.25, 0.3) is 0 Å². The van der Waals surface area contributed by atoms with Crippen LogP contribution in [0.15, 0.2) is 28.5 Å². The number of benzene rings is 1. The number of rotatable bonds is 7. The number of amides is 1. The molecule has 0 radical (unpaired) electrons. The number of aromatic nitrogens is 1. The molecule has 1 saturated heterocycles. The van der Waals surface area contributed by atoms with Crippen LogP contribution in [0.5, 0.6) is 0 Å². The van der Waals surface area contributed by atoms with Crippen LogP contribution in [0.4, 0.5) is 0 Å². The van der Waals surface area contributed by atoms with Crippen molar-refractivity contribution >= 4 is 27.3 Å². The Morgan fingerprint density at radius 3 is 2.61 bits per heavy atom. The lowest BCUT2D eigenvalue weighted by atomic mass is 10.1. The van der Waals surface area contributed by atoms with Crippen molar-refractivity contribution < 1.29 is 13.2 Å². The Hall–Kier alpha value is -1.81. The van der Waals surface area contributed by atoms with Gasteiger partial charge in [0.1, 0.15) is 0 Å². The van der Waals surface area contributed by atoms with Gasteiger partial charge < -0.3 is 4.90 Å². The van der Waals surface area contributed by atoms with E-state index in [9.17, 15) is 13.2 Å². The third-order valence-electron chi connectivity index (χ3n) is 6.04. The van der Waals surface area contributed by atoms with Gasteiger partial charge in [-0.05, 0) is 56.0 Å². The smallest absolute Gasteiger partial charge is 0.243 e. The molecule has 31 heavy (non-hydrogen) atoms. The molecule has 1 aliphatic heterocycles. The van der Waals surface area contributed by atoms with Crippen LogP contribution >= 0.6 is 11.3 Å². The first-order valence-corrected chi connectivity index (χ1v) is 13.2. The molecule has 0 saturated carbocycles. The quantitative estimate of drug-likeness (QED) is 0.631. The van der Waals surface area contributed by atoms with Crippen LogP contribution in [0.25, 0.3) is 0 Å². The molecular formula is C22H30N4O3S2. The van der Waals surface area contributed by atoms with E-state index < -0.39 is 10.0 Å². The number of aryl methyl sites for hydroxylation is 3. The van der Waals surface area contributed by atoms with Gasteiger partial charge in [0, 0.05) is 38.1 Å². The summed E-state index contributed by atoms with van der Waals surface area (Å²) >= 11 is 1.65. The van der Waals surface area contributed by atoms with Crippen molar-refractivity contribution in [2.45, 2.75) is 44.0 Å². The molecule has 0 bridgehead atoms. The predicted octanol–water partition coefficient (Wildman–Crippen LogP) is 2.16. The lowest BCUT2D eigenvalue weighted by Gasteiger charge is -2.34. The Labute approximate surface area is 188 Å². The van der Waals surface area contributed by atoms with Crippen LogP contribution in [-0.2, 0) is 40.6 Å². The van der Waals surface area contributed by atoms with Gasteiger partial charge >= 0.3 is 0 Å². The van der Waals surface area contributed by atoms with Crippen molar-refractivity contribution in [3.63, 3.8) is 0 Å². The van der Waals surface area contributed by atoms with Gasteiger partial charge in [0.05, 0.1) is 22.1 Å². The Kier molecular flexibility index (Phi) is 6.76. The Morgan fingerprint density at radius 1 is 1.16 bits per heavy atom. The summed E-state index contributed by atoms with van der Waals surface area (Å²) in [6, 6.07) is 5.53. The molecule has 4 rings (SSSR count). The molecular weight excluding hydrogens is 432 g/mol. The second-order valence-electron chi connectivity index (χ2n) is 8.33. The molecule has 1 aromatic heterocycles. The first-order chi connectivity index (χ1) is 14.9. The van der Waals surface area contributed by atoms with Gasteiger partial charge in [-0.25, -0.2) is 13.4 Å². The fraction of sp³-hybridized carbons (Fsp3) is 0.545. The molecule has 2 aromatic rings. The number of nitrogens with zero attached hydrogens (tertiary/aromatic N) is 4. The van der Waals surface area contributed by atoms with Crippen LogP contribution < -0.4 is 0 Å². The van der Waals surface area contributed by atoms with E-state index in [1.54, 1.807) is 22.3 Å². The van der Waals surface area contributed by atoms with Gasteiger partial charge in [-0.3, -0.25) is 9.69 Å². The summed E-state index contributed by atoms with van der Waals surface area (Å²) in [5.74, 6) is 0.0306. The minimum Gasteiger partial charge on any atom is -0.339 e. The standard InChI is InChI=1S/C22H30N4O3S2/c1-3-21-23-19(16-30-21)14-24(2)15-22(27)25-9-11-26(12-10-25)31(28,29)20-8-7-17-5-4-6-18(17)13-20/h7-8,13,16H,3-6,9-12,14-15H2,1-2H3. The van der Waals surface area contributed by atoms with Crippen LogP contribution in [0.3, 0.4) is 0 Å². The molecule has 0 spiro atoms. The number of hydrogen-bond donors (Lipinski definition) is 0. The van der Waals surface area contributed by atoms with Gasteiger partial charge in [0.15, 0.2) is 0 Å². The van der Waals surface area contributed by atoms with Crippen molar-refractivity contribution in [3.05, 3.63) is 45.4 Å². The molecule has 0 unspecified atom stereocenters. The summed E-state index contributed by atoms with van der Waals surface area (Å²) in [4.78, 5) is 21.4. The van der Waals surface area contributed by atoms with E-state index in [0.29, 0.717) is 44.2 Å². The summed E-state index contributed by atoms with van der Waals surface area (Å²) in [5.41, 5.74) is 3.41. The van der Waals surface area contributed by atoms with Gasteiger partial charge in [-0.15, -0.1) is 11.3 Å².